The smallest absolute Gasteiger partial charge is 0.408 e. The minimum atomic E-state index is -1.45. The molecule has 36 heavy (non-hydrogen) atoms. The third kappa shape index (κ3) is 5.33. The lowest BCUT2D eigenvalue weighted by Crippen LogP contribution is -2.64. The molecule has 3 amide bonds. The highest BCUT2D eigenvalue weighted by atomic mass is 19.2. The van der Waals surface area contributed by atoms with Gasteiger partial charge in [-0.25, -0.2) is 19.1 Å². The van der Waals surface area contributed by atoms with Crippen molar-refractivity contribution >= 4 is 23.6 Å². The van der Waals surface area contributed by atoms with Crippen molar-refractivity contribution in [2.75, 3.05) is 37.6 Å². The first-order valence-electron chi connectivity index (χ1n) is 11.4. The highest BCUT2D eigenvalue weighted by Crippen LogP contribution is 2.30. The van der Waals surface area contributed by atoms with Crippen molar-refractivity contribution in [3.8, 4) is 5.75 Å². The van der Waals surface area contributed by atoms with Crippen LogP contribution < -0.4 is 15.1 Å². The number of para-hydroxylation sites is 1. The Kier molecular flexibility index (Phi) is 7.53. The maximum Gasteiger partial charge on any atom is 0.408 e. The van der Waals surface area contributed by atoms with Crippen molar-refractivity contribution in [1.29, 1.82) is 0 Å². The zero-order chi connectivity index (χ0) is 25.8. The number of ether oxygens (including phenoxy) is 1. The fraction of sp³-hybridized carbons (Fsp3) is 0.375. The van der Waals surface area contributed by atoms with Gasteiger partial charge in [-0.1, -0.05) is 18.2 Å². The number of halogens is 2. The molecule has 0 spiro atoms. The van der Waals surface area contributed by atoms with Crippen LogP contribution in [-0.2, 0) is 9.59 Å². The van der Waals surface area contributed by atoms with Crippen LogP contribution in [0.15, 0.2) is 48.5 Å². The molecule has 4 rings (SSSR count). The van der Waals surface area contributed by atoms with E-state index in [-0.39, 0.29) is 18.7 Å². The Hall–Kier alpha value is -3.93. The van der Waals surface area contributed by atoms with Gasteiger partial charge in [0.15, 0.2) is 11.6 Å². The van der Waals surface area contributed by atoms with Gasteiger partial charge in [-0.15, -0.1) is 0 Å². The maximum atomic E-state index is 13.6. The van der Waals surface area contributed by atoms with E-state index in [1.165, 1.54) is 16.4 Å². The molecular formula is C24H26F2N4O6. The number of nitrogens with one attached hydrogen (secondary N) is 1. The summed E-state index contributed by atoms with van der Waals surface area (Å²) in [6.07, 6.45) is -2.53. The lowest BCUT2D eigenvalue weighted by atomic mass is 9.86. The third-order valence-corrected chi connectivity index (χ3v) is 6.49. The molecule has 12 heteroatoms. The summed E-state index contributed by atoms with van der Waals surface area (Å²) in [5, 5.41) is 19.2. The van der Waals surface area contributed by atoms with Gasteiger partial charge in [0.05, 0.1) is 12.5 Å². The van der Waals surface area contributed by atoms with E-state index in [0.717, 1.165) is 22.7 Å². The number of hydrogen-bond acceptors (Lipinski definition) is 6. The summed E-state index contributed by atoms with van der Waals surface area (Å²) < 4.78 is 32.5. The van der Waals surface area contributed by atoms with Gasteiger partial charge < -0.3 is 19.6 Å². The SMILES string of the molecule is O=C(NO)[C@H]1C[C@H](Oc2ccc(F)c(F)c2)CN(C(=O)O)[C@@H]1C(=O)N1CCN(c2ccccc2)CC1. The lowest BCUT2D eigenvalue weighted by Gasteiger charge is -2.44. The van der Waals surface area contributed by atoms with E-state index in [1.54, 1.807) is 0 Å². The van der Waals surface area contributed by atoms with Gasteiger partial charge >= 0.3 is 6.09 Å². The van der Waals surface area contributed by atoms with Crippen LogP contribution in [0.1, 0.15) is 6.42 Å². The third-order valence-electron chi connectivity index (χ3n) is 6.49. The average Bonchev–Trinajstić information content (AvgIpc) is 2.90. The normalized spacial score (nSPS) is 22.2. The number of likely N-dealkylation sites (tertiary alicyclic amines) is 1. The molecule has 2 aliphatic heterocycles. The van der Waals surface area contributed by atoms with Crippen LogP contribution >= 0.6 is 0 Å². The second-order valence-corrected chi connectivity index (χ2v) is 8.66. The summed E-state index contributed by atoms with van der Waals surface area (Å²) in [6.45, 7) is 1.40. The number of carbonyl (C=O) groups is 3. The molecule has 3 N–H and O–H groups in total. The Bertz CT molecular complexity index is 1110. The zero-order valence-corrected chi connectivity index (χ0v) is 19.2. The molecule has 0 unspecified atom stereocenters. The molecule has 2 saturated heterocycles. The number of benzene rings is 2. The van der Waals surface area contributed by atoms with E-state index >= 15 is 0 Å². The molecule has 0 aliphatic carbocycles. The Labute approximate surface area is 205 Å². The summed E-state index contributed by atoms with van der Waals surface area (Å²) in [5.74, 6) is -5.05. The first-order chi connectivity index (χ1) is 17.3. The summed E-state index contributed by atoms with van der Waals surface area (Å²) in [4.78, 5) is 42.6. The first kappa shape index (κ1) is 25.2. The number of rotatable bonds is 5. The van der Waals surface area contributed by atoms with Gasteiger partial charge in [0.25, 0.3) is 0 Å². The minimum absolute atomic E-state index is 0.0609. The van der Waals surface area contributed by atoms with Crippen molar-refractivity contribution in [3.05, 3.63) is 60.2 Å². The van der Waals surface area contributed by atoms with Crippen molar-refractivity contribution < 1.29 is 38.2 Å². The minimum Gasteiger partial charge on any atom is -0.488 e. The van der Waals surface area contributed by atoms with Gasteiger partial charge in [0, 0.05) is 44.4 Å². The van der Waals surface area contributed by atoms with Crippen LogP contribution in [0.25, 0.3) is 0 Å². The molecule has 0 bridgehead atoms. The second-order valence-electron chi connectivity index (χ2n) is 8.66. The van der Waals surface area contributed by atoms with Crippen LogP contribution in [0.5, 0.6) is 5.75 Å². The van der Waals surface area contributed by atoms with Crippen LogP contribution in [0.3, 0.4) is 0 Å². The van der Waals surface area contributed by atoms with Crippen molar-refractivity contribution in [2.45, 2.75) is 18.6 Å². The number of carboxylic acid groups (broad SMARTS) is 1. The number of piperidine rings is 1. The maximum absolute atomic E-state index is 13.6. The number of hydroxylamine groups is 1. The van der Waals surface area contributed by atoms with E-state index in [2.05, 4.69) is 4.90 Å². The van der Waals surface area contributed by atoms with Gasteiger partial charge in [-0.05, 0) is 24.3 Å². The van der Waals surface area contributed by atoms with E-state index in [0.29, 0.717) is 26.2 Å². The van der Waals surface area contributed by atoms with Gasteiger partial charge in [-0.2, -0.15) is 0 Å². The predicted octanol–water partition coefficient (Wildman–Crippen LogP) is 1.93. The molecule has 0 saturated carbocycles. The van der Waals surface area contributed by atoms with E-state index in [1.807, 2.05) is 30.3 Å². The highest BCUT2D eigenvalue weighted by molar-refractivity contribution is 5.92. The molecule has 2 aromatic carbocycles. The Morgan fingerprint density at radius 2 is 1.67 bits per heavy atom. The first-order valence-corrected chi connectivity index (χ1v) is 11.4. The Balaban J connectivity index is 1.51. The molecule has 2 aliphatic rings. The summed E-state index contributed by atoms with van der Waals surface area (Å²) in [7, 11) is 0. The fourth-order valence-electron chi connectivity index (χ4n) is 4.71. The zero-order valence-electron chi connectivity index (χ0n) is 19.2. The van der Waals surface area contributed by atoms with Gasteiger partial charge in [-0.3, -0.25) is 19.7 Å². The van der Waals surface area contributed by atoms with Crippen molar-refractivity contribution in [1.82, 2.24) is 15.3 Å². The second kappa shape index (κ2) is 10.8. The highest BCUT2D eigenvalue weighted by Gasteiger charge is 2.48. The van der Waals surface area contributed by atoms with Crippen LogP contribution in [-0.4, -0.2) is 82.9 Å². The molecule has 3 atom stereocenters. The molecule has 2 aromatic rings. The van der Waals surface area contributed by atoms with E-state index in [9.17, 15) is 33.5 Å². The Morgan fingerprint density at radius 1 is 0.972 bits per heavy atom. The molecule has 2 fully saturated rings. The van der Waals surface area contributed by atoms with E-state index < -0.39 is 47.6 Å². The van der Waals surface area contributed by atoms with Gasteiger partial charge in [0.1, 0.15) is 17.9 Å². The number of hydrogen-bond donors (Lipinski definition) is 3. The molecule has 0 radical (unpaired) electrons. The largest absolute Gasteiger partial charge is 0.488 e. The van der Waals surface area contributed by atoms with Gasteiger partial charge in [0.2, 0.25) is 11.8 Å². The lowest BCUT2D eigenvalue weighted by molar-refractivity contribution is -0.150. The van der Waals surface area contributed by atoms with Crippen molar-refractivity contribution in [3.63, 3.8) is 0 Å². The summed E-state index contributed by atoms with van der Waals surface area (Å²) in [5.41, 5.74) is 2.51. The number of anilines is 1. The fourth-order valence-corrected chi connectivity index (χ4v) is 4.71. The standard InChI is InChI=1S/C24H26F2N4O6/c25-19-7-6-16(13-20(19)26)36-17-12-18(22(31)27-35)21(30(14-17)24(33)34)23(32)29-10-8-28(9-11-29)15-4-2-1-3-5-15/h1-7,13,17-18,21,35H,8-12,14H2,(H,27,31)(H,33,34)/t17-,18-,21-/m0/s1. The average molecular weight is 504 g/mol. The summed E-state index contributed by atoms with van der Waals surface area (Å²) >= 11 is 0. The molecule has 10 nitrogen and oxygen atoms in total. The van der Waals surface area contributed by atoms with Crippen molar-refractivity contribution in [2.24, 2.45) is 5.92 Å². The number of nitrogens with zero attached hydrogens (tertiary/aromatic N) is 3. The molecule has 0 aromatic heterocycles. The van der Waals surface area contributed by atoms with Crippen LogP contribution in [0, 0.1) is 17.6 Å². The Morgan fingerprint density at radius 3 is 2.28 bits per heavy atom. The quantitative estimate of drug-likeness (QED) is 0.420. The molecule has 2 heterocycles. The molecular weight excluding hydrogens is 478 g/mol. The monoisotopic (exact) mass is 504 g/mol. The van der Waals surface area contributed by atoms with Crippen LogP contribution in [0.4, 0.5) is 19.3 Å². The van der Waals surface area contributed by atoms with Crippen LogP contribution in [0.2, 0.25) is 0 Å². The number of amides is 3. The molecule has 192 valence electrons. The topological polar surface area (TPSA) is 123 Å². The number of piperazine rings is 1. The summed E-state index contributed by atoms with van der Waals surface area (Å²) in [6, 6.07) is 11.1. The van der Waals surface area contributed by atoms with E-state index in [4.69, 9.17) is 4.74 Å². The predicted molar refractivity (Wildman–Crippen MR) is 123 cm³/mol. The number of carbonyl (C=O) groups excluding carboxylic acids is 2.